The topological polar surface area (TPSA) is 55.1 Å². The quantitative estimate of drug-likeness (QED) is 0.796. The van der Waals surface area contributed by atoms with Crippen LogP contribution in [0.1, 0.15) is 40.5 Å². The van der Waals surface area contributed by atoms with E-state index in [2.05, 4.69) is 10.3 Å². The highest BCUT2D eigenvalue weighted by Gasteiger charge is 2.18. The summed E-state index contributed by atoms with van der Waals surface area (Å²) in [6.07, 6.45) is 1.66. The molecule has 0 radical (unpaired) electrons. The summed E-state index contributed by atoms with van der Waals surface area (Å²) < 4.78 is 5.53. The van der Waals surface area contributed by atoms with Crippen LogP contribution in [-0.4, -0.2) is 10.9 Å². The van der Waals surface area contributed by atoms with Gasteiger partial charge in [-0.15, -0.1) is 0 Å². The maximum Gasteiger partial charge on any atom is 0.270 e. The average molecular weight is 294 g/mol. The molecule has 0 saturated carbocycles. The van der Waals surface area contributed by atoms with Gasteiger partial charge in [0.05, 0.1) is 6.04 Å². The van der Waals surface area contributed by atoms with E-state index in [1.807, 2.05) is 57.2 Å². The third kappa shape index (κ3) is 2.60. The third-order valence-electron chi connectivity index (χ3n) is 3.78. The summed E-state index contributed by atoms with van der Waals surface area (Å²) in [6, 6.07) is 11.5. The van der Waals surface area contributed by atoms with Gasteiger partial charge < -0.3 is 9.73 Å². The zero-order valence-corrected chi connectivity index (χ0v) is 12.9. The van der Waals surface area contributed by atoms with E-state index in [1.54, 1.807) is 6.20 Å². The molecular formula is C18H18N2O2. The Morgan fingerprint density at radius 1 is 1.23 bits per heavy atom. The summed E-state index contributed by atoms with van der Waals surface area (Å²) in [4.78, 5) is 16.8. The number of rotatable bonds is 3. The van der Waals surface area contributed by atoms with Gasteiger partial charge in [0.2, 0.25) is 0 Å². The number of amides is 1. The van der Waals surface area contributed by atoms with Crippen LogP contribution in [0.25, 0.3) is 10.8 Å². The monoisotopic (exact) mass is 294 g/mol. The number of carbonyl (C=O) groups excluding carboxylic acids is 1. The lowest BCUT2D eigenvalue weighted by atomic mass is 10.1. The summed E-state index contributed by atoms with van der Waals surface area (Å²) in [6.45, 7) is 5.75. The van der Waals surface area contributed by atoms with Crippen LogP contribution in [0.5, 0.6) is 0 Å². The fourth-order valence-corrected chi connectivity index (χ4v) is 2.72. The van der Waals surface area contributed by atoms with Gasteiger partial charge in [0.25, 0.3) is 5.91 Å². The van der Waals surface area contributed by atoms with Crippen molar-refractivity contribution >= 4 is 16.7 Å². The molecule has 3 aromatic rings. The second-order valence-corrected chi connectivity index (χ2v) is 5.44. The van der Waals surface area contributed by atoms with Gasteiger partial charge >= 0.3 is 0 Å². The van der Waals surface area contributed by atoms with Gasteiger partial charge in [-0.1, -0.05) is 24.3 Å². The molecule has 0 aliphatic carbocycles. The van der Waals surface area contributed by atoms with Crippen LogP contribution in [0.3, 0.4) is 0 Å². The Kier molecular flexibility index (Phi) is 3.67. The van der Waals surface area contributed by atoms with E-state index in [0.717, 1.165) is 27.9 Å². The SMILES string of the molecule is Cc1cc([C@@H](C)NC(=O)c2nccc3ccccc23)c(C)o1. The molecule has 0 fully saturated rings. The van der Waals surface area contributed by atoms with Gasteiger partial charge in [0.1, 0.15) is 17.2 Å². The minimum atomic E-state index is -0.178. The molecule has 0 aliphatic heterocycles. The van der Waals surface area contributed by atoms with Crippen molar-refractivity contribution in [2.45, 2.75) is 26.8 Å². The van der Waals surface area contributed by atoms with Crippen LogP contribution in [-0.2, 0) is 0 Å². The molecule has 2 aromatic heterocycles. The second-order valence-electron chi connectivity index (χ2n) is 5.44. The highest BCUT2D eigenvalue weighted by atomic mass is 16.3. The van der Waals surface area contributed by atoms with Gasteiger partial charge in [-0.2, -0.15) is 0 Å². The zero-order chi connectivity index (χ0) is 15.7. The molecule has 3 rings (SSSR count). The van der Waals surface area contributed by atoms with Gasteiger partial charge in [-0.25, -0.2) is 0 Å². The number of carbonyl (C=O) groups is 1. The molecule has 0 saturated heterocycles. The number of nitrogens with zero attached hydrogens (tertiary/aromatic N) is 1. The summed E-state index contributed by atoms with van der Waals surface area (Å²) in [7, 11) is 0. The summed E-state index contributed by atoms with van der Waals surface area (Å²) in [5.74, 6) is 1.50. The van der Waals surface area contributed by atoms with Gasteiger partial charge in [-0.05, 0) is 38.3 Å². The summed E-state index contributed by atoms with van der Waals surface area (Å²) >= 11 is 0. The Morgan fingerprint density at radius 2 is 2.00 bits per heavy atom. The van der Waals surface area contributed by atoms with Crippen molar-refractivity contribution in [3.05, 3.63) is 65.4 Å². The molecule has 112 valence electrons. The van der Waals surface area contributed by atoms with E-state index in [-0.39, 0.29) is 11.9 Å². The molecule has 0 spiro atoms. The maximum absolute atomic E-state index is 12.6. The normalized spacial score (nSPS) is 12.3. The van der Waals surface area contributed by atoms with Crippen molar-refractivity contribution in [2.75, 3.05) is 0 Å². The van der Waals surface area contributed by atoms with Crippen molar-refractivity contribution in [3.8, 4) is 0 Å². The standard InChI is InChI=1S/C18H18N2O2/c1-11-10-16(13(3)22-11)12(2)20-18(21)17-15-7-5-4-6-14(15)8-9-19-17/h4-10,12H,1-3H3,(H,20,21)/t12-/m1/s1. The van der Waals surface area contributed by atoms with Crippen molar-refractivity contribution in [3.63, 3.8) is 0 Å². The van der Waals surface area contributed by atoms with Crippen LogP contribution < -0.4 is 5.32 Å². The molecule has 1 N–H and O–H groups in total. The van der Waals surface area contributed by atoms with Crippen molar-refractivity contribution < 1.29 is 9.21 Å². The number of pyridine rings is 1. The van der Waals surface area contributed by atoms with E-state index in [4.69, 9.17) is 4.42 Å². The summed E-state index contributed by atoms with van der Waals surface area (Å²) in [5.41, 5.74) is 1.44. The molecule has 0 bridgehead atoms. The van der Waals surface area contributed by atoms with E-state index in [0.29, 0.717) is 5.69 Å². The van der Waals surface area contributed by atoms with Gasteiger partial charge in [0, 0.05) is 17.1 Å². The Hall–Kier alpha value is -2.62. The van der Waals surface area contributed by atoms with Crippen LogP contribution >= 0.6 is 0 Å². The first-order chi connectivity index (χ1) is 10.6. The predicted octanol–water partition coefficient (Wildman–Crippen LogP) is 3.94. The molecule has 1 amide bonds. The van der Waals surface area contributed by atoms with Crippen molar-refractivity contribution in [1.29, 1.82) is 0 Å². The number of hydrogen-bond acceptors (Lipinski definition) is 3. The molecule has 0 unspecified atom stereocenters. The number of nitrogens with one attached hydrogen (secondary N) is 1. The number of aromatic nitrogens is 1. The van der Waals surface area contributed by atoms with Crippen molar-refractivity contribution in [1.82, 2.24) is 10.3 Å². The number of fused-ring (bicyclic) bond motifs is 1. The number of hydrogen-bond donors (Lipinski definition) is 1. The average Bonchev–Trinajstić information content (AvgIpc) is 2.85. The Labute approximate surface area is 129 Å². The maximum atomic E-state index is 12.6. The van der Waals surface area contributed by atoms with Crippen LogP contribution in [0.15, 0.2) is 47.0 Å². The lowest BCUT2D eigenvalue weighted by Gasteiger charge is -2.13. The molecule has 2 heterocycles. The molecule has 0 aliphatic rings. The van der Waals surface area contributed by atoms with E-state index < -0.39 is 0 Å². The number of benzene rings is 1. The first-order valence-corrected chi connectivity index (χ1v) is 7.28. The second kappa shape index (κ2) is 5.64. The predicted molar refractivity (Wildman–Crippen MR) is 85.8 cm³/mol. The minimum absolute atomic E-state index is 0.134. The fourth-order valence-electron chi connectivity index (χ4n) is 2.72. The smallest absolute Gasteiger partial charge is 0.270 e. The van der Waals surface area contributed by atoms with E-state index >= 15 is 0 Å². The minimum Gasteiger partial charge on any atom is -0.466 e. The Bertz CT molecular complexity index is 831. The van der Waals surface area contributed by atoms with Crippen molar-refractivity contribution in [2.24, 2.45) is 0 Å². The number of aryl methyl sites for hydroxylation is 2. The summed E-state index contributed by atoms with van der Waals surface area (Å²) in [5, 5.41) is 4.86. The molecule has 1 atom stereocenters. The molecule has 4 nitrogen and oxygen atoms in total. The largest absolute Gasteiger partial charge is 0.466 e. The fraction of sp³-hybridized carbons (Fsp3) is 0.222. The zero-order valence-electron chi connectivity index (χ0n) is 12.9. The first-order valence-electron chi connectivity index (χ1n) is 7.28. The third-order valence-corrected chi connectivity index (χ3v) is 3.78. The highest BCUT2D eigenvalue weighted by Crippen LogP contribution is 2.22. The Balaban J connectivity index is 1.89. The molecule has 4 heteroatoms. The van der Waals surface area contributed by atoms with E-state index in [9.17, 15) is 4.79 Å². The first kappa shape index (κ1) is 14.3. The van der Waals surface area contributed by atoms with Crippen LogP contribution in [0.2, 0.25) is 0 Å². The molecule has 22 heavy (non-hydrogen) atoms. The van der Waals surface area contributed by atoms with E-state index in [1.165, 1.54) is 0 Å². The van der Waals surface area contributed by atoms with Crippen LogP contribution in [0, 0.1) is 13.8 Å². The molecular weight excluding hydrogens is 276 g/mol. The lowest BCUT2D eigenvalue weighted by Crippen LogP contribution is -2.27. The number of furan rings is 1. The van der Waals surface area contributed by atoms with Gasteiger partial charge in [-0.3, -0.25) is 9.78 Å². The van der Waals surface area contributed by atoms with Crippen LogP contribution in [0.4, 0.5) is 0 Å². The molecule has 1 aromatic carbocycles. The Morgan fingerprint density at radius 3 is 2.73 bits per heavy atom. The lowest BCUT2D eigenvalue weighted by molar-refractivity contribution is 0.0936. The van der Waals surface area contributed by atoms with Gasteiger partial charge in [0.15, 0.2) is 0 Å². The highest BCUT2D eigenvalue weighted by molar-refractivity contribution is 6.05.